The lowest BCUT2D eigenvalue weighted by molar-refractivity contribution is -0.133. The van der Waals surface area contributed by atoms with E-state index in [1.807, 2.05) is 0 Å². The van der Waals surface area contributed by atoms with Crippen LogP contribution in [0.25, 0.3) is 0 Å². The molecule has 0 spiro atoms. The highest BCUT2D eigenvalue weighted by Gasteiger charge is 2.33. The van der Waals surface area contributed by atoms with E-state index in [1.165, 1.54) is 10.4 Å². The van der Waals surface area contributed by atoms with Crippen molar-refractivity contribution in [2.24, 2.45) is 11.7 Å². The molecule has 9 heteroatoms. The quantitative estimate of drug-likeness (QED) is 0.847. The zero-order valence-electron chi connectivity index (χ0n) is 13.4. The maximum atomic E-state index is 12.6. The second-order valence-electron chi connectivity index (χ2n) is 6.40. The average Bonchev–Trinajstić information content (AvgIpc) is 3.17. The Balaban J connectivity index is 1.56. The minimum Gasteiger partial charge on any atom is -0.340 e. The van der Waals surface area contributed by atoms with Crippen LogP contribution in [0.3, 0.4) is 0 Å². The molecule has 1 aliphatic carbocycles. The number of sulfonamides is 1. The molecule has 2 heterocycles. The van der Waals surface area contributed by atoms with Crippen LogP contribution in [0.4, 0.5) is 0 Å². The summed E-state index contributed by atoms with van der Waals surface area (Å²) >= 11 is 6.89. The molecule has 1 aromatic heterocycles. The summed E-state index contributed by atoms with van der Waals surface area (Å²) in [4.78, 5) is 14.2. The number of rotatable bonds is 4. The summed E-state index contributed by atoms with van der Waals surface area (Å²) in [5.41, 5.74) is 6.03. The van der Waals surface area contributed by atoms with E-state index in [0.717, 1.165) is 30.6 Å². The van der Waals surface area contributed by atoms with E-state index in [9.17, 15) is 13.2 Å². The van der Waals surface area contributed by atoms with E-state index < -0.39 is 10.0 Å². The van der Waals surface area contributed by atoms with Gasteiger partial charge in [-0.05, 0) is 30.9 Å². The van der Waals surface area contributed by atoms with Gasteiger partial charge in [-0.25, -0.2) is 8.42 Å². The number of thiophene rings is 1. The molecule has 2 aliphatic rings. The summed E-state index contributed by atoms with van der Waals surface area (Å²) in [5.74, 6) is 0.362. The highest BCUT2D eigenvalue weighted by Crippen LogP contribution is 2.30. The van der Waals surface area contributed by atoms with Gasteiger partial charge in [-0.1, -0.05) is 18.0 Å². The minimum absolute atomic E-state index is 0.0913. The summed E-state index contributed by atoms with van der Waals surface area (Å²) in [6.07, 6.45) is 3.58. The Morgan fingerprint density at radius 1 is 1.25 bits per heavy atom. The molecule has 1 saturated heterocycles. The van der Waals surface area contributed by atoms with Crippen LogP contribution in [0.2, 0.25) is 4.34 Å². The largest absolute Gasteiger partial charge is 0.340 e. The molecule has 2 fully saturated rings. The van der Waals surface area contributed by atoms with Crippen LogP contribution in [-0.4, -0.2) is 55.8 Å². The van der Waals surface area contributed by atoms with Gasteiger partial charge in [-0.3, -0.25) is 4.79 Å². The van der Waals surface area contributed by atoms with Gasteiger partial charge in [-0.15, -0.1) is 11.3 Å². The number of hydrogen-bond donors (Lipinski definition) is 1. The average molecular weight is 392 g/mol. The summed E-state index contributed by atoms with van der Waals surface area (Å²) in [5, 5.41) is 0. The van der Waals surface area contributed by atoms with Crippen molar-refractivity contribution in [2.45, 2.75) is 35.9 Å². The zero-order valence-corrected chi connectivity index (χ0v) is 15.7. The SMILES string of the molecule is N[C@@H]1CCC[C@H]1CC(=O)N1CCN(S(=O)(=O)c2ccc(Cl)s2)CC1. The number of nitrogens with two attached hydrogens (primary N) is 1. The fourth-order valence-electron chi connectivity index (χ4n) is 3.41. The summed E-state index contributed by atoms with van der Waals surface area (Å²) in [7, 11) is -3.51. The van der Waals surface area contributed by atoms with Crippen molar-refractivity contribution in [3.05, 3.63) is 16.5 Å². The molecule has 1 saturated carbocycles. The van der Waals surface area contributed by atoms with Crippen molar-refractivity contribution in [1.29, 1.82) is 0 Å². The second-order valence-corrected chi connectivity index (χ2v) is 10.3. The third kappa shape index (κ3) is 3.77. The number of amides is 1. The molecule has 0 bridgehead atoms. The zero-order chi connectivity index (χ0) is 17.3. The van der Waals surface area contributed by atoms with E-state index in [0.29, 0.717) is 36.9 Å². The fourth-order valence-corrected chi connectivity index (χ4v) is 6.47. The van der Waals surface area contributed by atoms with Gasteiger partial charge in [0.1, 0.15) is 4.21 Å². The maximum Gasteiger partial charge on any atom is 0.252 e. The molecule has 2 N–H and O–H groups in total. The molecular weight excluding hydrogens is 370 g/mol. The maximum absolute atomic E-state index is 12.6. The molecule has 2 atom stereocenters. The molecule has 24 heavy (non-hydrogen) atoms. The Kier molecular flexibility index (Phi) is 5.51. The first-order valence-corrected chi connectivity index (χ1v) is 10.8. The lowest BCUT2D eigenvalue weighted by Gasteiger charge is -2.34. The van der Waals surface area contributed by atoms with Gasteiger partial charge in [0.25, 0.3) is 10.0 Å². The molecule has 1 aliphatic heterocycles. The van der Waals surface area contributed by atoms with Crippen LogP contribution in [0, 0.1) is 5.92 Å². The van der Waals surface area contributed by atoms with Gasteiger partial charge < -0.3 is 10.6 Å². The first-order chi connectivity index (χ1) is 11.4. The van der Waals surface area contributed by atoms with Gasteiger partial charge >= 0.3 is 0 Å². The highest BCUT2D eigenvalue weighted by molar-refractivity contribution is 7.91. The predicted molar refractivity (Wildman–Crippen MR) is 94.6 cm³/mol. The van der Waals surface area contributed by atoms with Gasteiger partial charge in [0.15, 0.2) is 0 Å². The molecule has 0 unspecified atom stereocenters. The van der Waals surface area contributed by atoms with Crippen molar-refractivity contribution in [2.75, 3.05) is 26.2 Å². The van der Waals surface area contributed by atoms with E-state index in [2.05, 4.69) is 0 Å². The topological polar surface area (TPSA) is 83.7 Å². The normalized spacial score (nSPS) is 26.0. The Hall–Kier alpha value is -0.670. The highest BCUT2D eigenvalue weighted by atomic mass is 35.5. The minimum atomic E-state index is -3.51. The van der Waals surface area contributed by atoms with Crippen LogP contribution in [0.1, 0.15) is 25.7 Å². The Labute approximate surface area is 151 Å². The van der Waals surface area contributed by atoms with Gasteiger partial charge in [-0.2, -0.15) is 4.31 Å². The number of halogens is 1. The molecule has 1 aromatic rings. The first kappa shape index (κ1) is 18.1. The number of hydrogen-bond acceptors (Lipinski definition) is 5. The third-order valence-electron chi connectivity index (χ3n) is 4.89. The van der Waals surface area contributed by atoms with Crippen molar-refractivity contribution >= 4 is 38.9 Å². The summed E-state index contributed by atoms with van der Waals surface area (Å²) in [6.45, 7) is 1.50. The molecule has 0 radical (unpaired) electrons. The Bertz CT molecular complexity index is 699. The predicted octanol–water partition coefficient (Wildman–Crippen LogP) is 1.75. The van der Waals surface area contributed by atoms with Crippen LogP contribution < -0.4 is 5.73 Å². The monoisotopic (exact) mass is 391 g/mol. The van der Waals surface area contributed by atoms with E-state index in [-0.39, 0.29) is 22.1 Å². The fraction of sp³-hybridized carbons (Fsp3) is 0.667. The van der Waals surface area contributed by atoms with Crippen molar-refractivity contribution in [1.82, 2.24) is 9.21 Å². The molecular formula is C15H22ClN3O3S2. The number of carbonyl (C=O) groups excluding carboxylic acids is 1. The molecule has 1 amide bonds. The second kappa shape index (κ2) is 7.29. The number of nitrogens with zero attached hydrogens (tertiary/aromatic N) is 2. The van der Waals surface area contributed by atoms with Crippen molar-refractivity contribution in [3.8, 4) is 0 Å². The lowest BCUT2D eigenvalue weighted by atomic mass is 9.99. The van der Waals surface area contributed by atoms with E-state index >= 15 is 0 Å². The lowest BCUT2D eigenvalue weighted by Crippen LogP contribution is -2.50. The van der Waals surface area contributed by atoms with E-state index in [1.54, 1.807) is 11.0 Å². The number of carbonyl (C=O) groups is 1. The van der Waals surface area contributed by atoms with Crippen LogP contribution in [-0.2, 0) is 14.8 Å². The molecule has 6 nitrogen and oxygen atoms in total. The molecule has 0 aromatic carbocycles. The summed E-state index contributed by atoms with van der Waals surface area (Å²) < 4.78 is 27.3. The first-order valence-electron chi connectivity index (χ1n) is 8.17. The summed E-state index contributed by atoms with van der Waals surface area (Å²) in [6, 6.07) is 3.24. The Morgan fingerprint density at radius 3 is 2.50 bits per heavy atom. The molecule has 3 rings (SSSR count). The van der Waals surface area contributed by atoms with Crippen LogP contribution in [0.15, 0.2) is 16.3 Å². The Morgan fingerprint density at radius 2 is 1.96 bits per heavy atom. The van der Waals surface area contributed by atoms with E-state index in [4.69, 9.17) is 17.3 Å². The van der Waals surface area contributed by atoms with Gasteiger partial charge in [0.2, 0.25) is 5.91 Å². The standard InChI is InChI=1S/C15H22ClN3O3S2/c16-13-4-5-15(23-13)24(21,22)19-8-6-18(7-9-19)14(20)10-11-2-1-3-12(11)17/h4-5,11-12H,1-3,6-10,17H2/t11-,12+/m0/s1. The smallest absolute Gasteiger partial charge is 0.252 e. The van der Waals surface area contributed by atoms with Crippen LogP contribution in [0.5, 0.6) is 0 Å². The number of piperazine rings is 1. The van der Waals surface area contributed by atoms with Gasteiger partial charge in [0, 0.05) is 38.6 Å². The van der Waals surface area contributed by atoms with Crippen LogP contribution >= 0.6 is 22.9 Å². The third-order valence-corrected chi connectivity index (χ3v) is 8.49. The van der Waals surface area contributed by atoms with Crippen molar-refractivity contribution < 1.29 is 13.2 Å². The van der Waals surface area contributed by atoms with Crippen molar-refractivity contribution in [3.63, 3.8) is 0 Å². The van der Waals surface area contributed by atoms with Gasteiger partial charge in [0.05, 0.1) is 4.34 Å². The molecule has 134 valence electrons.